The van der Waals surface area contributed by atoms with Crippen molar-refractivity contribution in [3.63, 3.8) is 0 Å². The Labute approximate surface area is 218 Å². The van der Waals surface area contributed by atoms with E-state index < -0.39 is 23.0 Å². The zero-order chi connectivity index (χ0) is 26.3. The molecule has 2 aliphatic heterocycles. The van der Waals surface area contributed by atoms with Gasteiger partial charge in [-0.2, -0.15) is 0 Å². The van der Waals surface area contributed by atoms with Crippen molar-refractivity contribution in [1.82, 2.24) is 10.2 Å². The number of hydrogen-bond donors (Lipinski definition) is 1. The van der Waals surface area contributed by atoms with Gasteiger partial charge in [0.2, 0.25) is 18.4 Å². The number of hydrogen-bond acceptors (Lipinski definition) is 7. The molecule has 2 fully saturated rings. The standard InChI is InChI=1S/C28H38N2O7/c1-2-3-7-21(26(33)22(31)16-20-8-9-23-24(17-20)37-19-36-23)18-25(32)28(10-5-4-6-11-28)29-27(34)30-12-14-35-15-13-30/h8-9,17,21H,2-7,10-16,18-19H2,1H3,(H,29,34)/t21-/m1/s1. The molecule has 0 radical (unpaired) electrons. The van der Waals surface area contributed by atoms with Crippen LogP contribution in [0, 0.1) is 5.92 Å². The van der Waals surface area contributed by atoms with Gasteiger partial charge >= 0.3 is 6.03 Å². The topological polar surface area (TPSA) is 111 Å². The first kappa shape index (κ1) is 27.1. The van der Waals surface area contributed by atoms with E-state index in [1.807, 2.05) is 6.92 Å². The van der Waals surface area contributed by atoms with E-state index in [4.69, 9.17) is 14.2 Å². The van der Waals surface area contributed by atoms with E-state index >= 15 is 0 Å². The average Bonchev–Trinajstić information content (AvgIpc) is 3.39. The lowest BCUT2D eigenvalue weighted by molar-refractivity contribution is -0.140. The summed E-state index contributed by atoms with van der Waals surface area (Å²) in [6.07, 6.45) is 5.79. The van der Waals surface area contributed by atoms with E-state index in [9.17, 15) is 19.2 Å². The van der Waals surface area contributed by atoms with E-state index in [1.54, 1.807) is 23.1 Å². The van der Waals surface area contributed by atoms with E-state index in [0.29, 0.717) is 62.6 Å². The predicted octanol–water partition coefficient (Wildman–Crippen LogP) is 3.61. The molecule has 0 unspecified atom stereocenters. The van der Waals surface area contributed by atoms with Crippen molar-refractivity contribution in [2.45, 2.75) is 76.7 Å². The number of carbonyl (C=O) groups excluding carboxylic acids is 4. The normalized spacial score (nSPS) is 19.2. The number of rotatable bonds is 11. The Morgan fingerprint density at radius 2 is 1.76 bits per heavy atom. The molecule has 0 bridgehead atoms. The fourth-order valence-electron chi connectivity index (χ4n) is 5.43. The van der Waals surface area contributed by atoms with Gasteiger partial charge < -0.3 is 24.4 Å². The van der Waals surface area contributed by atoms with Crippen LogP contribution < -0.4 is 14.8 Å². The Bertz CT molecular complexity index is 996. The predicted molar refractivity (Wildman–Crippen MR) is 136 cm³/mol. The largest absolute Gasteiger partial charge is 0.454 e. The highest BCUT2D eigenvalue weighted by atomic mass is 16.7. The van der Waals surface area contributed by atoms with Crippen LogP contribution in [0.25, 0.3) is 0 Å². The monoisotopic (exact) mass is 514 g/mol. The molecule has 3 aliphatic rings. The van der Waals surface area contributed by atoms with Crippen LogP contribution in [-0.4, -0.2) is 66.9 Å². The fraction of sp³-hybridized carbons (Fsp3) is 0.643. The van der Waals surface area contributed by atoms with Gasteiger partial charge in [-0.3, -0.25) is 14.4 Å². The Kier molecular flexibility index (Phi) is 9.18. The molecule has 0 aromatic heterocycles. The molecule has 1 saturated carbocycles. The molecule has 202 valence electrons. The smallest absolute Gasteiger partial charge is 0.318 e. The summed E-state index contributed by atoms with van der Waals surface area (Å²) in [5.74, 6) is -0.670. The van der Waals surface area contributed by atoms with Gasteiger partial charge in [0.25, 0.3) is 0 Å². The van der Waals surface area contributed by atoms with Gasteiger partial charge in [0.05, 0.1) is 13.2 Å². The number of urea groups is 1. The molecule has 2 amide bonds. The molecule has 1 aromatic carbocycles. The summed E-state index contributed by atoms with van der Waals surface area (Å²) in [7, 11) is 0. The maximum absolute atomic E-state index is 13.8. The number of ether oxygens (including phenoxy) is 3. The number of unbranched alkanes of at least 4 members (excludes halogenated alkanes) is 1. The maximum atomic E-state index is 13.8. The summed E-state index contributed by atoms with van der Waals surface area (Å²) in [6.45, 7) is 4.09. The molecule has 2 heterocycles. The summed E-state index contributed by atoms with van der Waals surface area (Å²) in [5.41, 5.74) is -0.316. The minimum Gasteiger partial charge on any atom is -0.454 e. The van der Waals surface area contributed by atoms with Crippen molar-refractivity contribution in [2.24, 2.45) is 5.92 Å². The summed E-state index contributed by atoms with van der Waals surface area (Å²) < 4.78 is 16.0. The van der Waals surface area contributed by atoms with Crippen LogP contribution in [0.2, 0.25) is 0 Å². The lowest BCUT2D eigenvalue weighted by Gasteiger charge is -2.39. The van der Waals surface area contributed by atoms with Gasteiger partial charge in [-0.25, -0.2) is 4.79 Å². The third-order valence-electron chi connectivity index (χ3n) is 7.67. The summed E-state index contributed by atoms with van der Waals surface area (Å²) >= 11 is 0. The van der Waals surface area contributed by atoms with Gasteiger partial charge in [0, 0.05) is 31.8 Å². The van der Waals surface area contributed by atoms with E-state index in [1.165, 1.54) is 0 Å². The molecule has 1 aromatic rings. The zero-order valence-corrected chi connectivity index (χ0v) is 21.7. The van der Waals surface area contributed by atoms with Gasteiger partial charge in [-0.1, -0.05) is 45.1 Å². The maximum Gasteiger partial charge on any atom is 0.318 e. The quantitative estimate of drug-likeness (QED) is 0.449. The van der Waals surface area contributed by atoms with Crippen molar-refractivity contribution < 1.29 is 33.4 Å². The van der Waals surface area contributed by atoms with Crippen molar-refractivity contribution in [1.29, 1.82) is 0 Å². The number of fused-ring (bicyclic) bond motifs is 1. The van der Waals surface area contributed by atoms with Crippen LogP contribution >= 0.6 is 0 Å². The molecule has 1 N–H and O–H groups in total. The molecule has 1 atom stereocenters. The third-order valence-corrected chi connectivity index (χ3v) is 7.67. The van der Waals surface area contributed by atoms with Crippen LogP contribution in [0.4, 0.5) is 4.79 Å². The average molecular weight is 515 g/mol. The highest BCUT2D eigenvalue weighted by Crippen LogP contribution is 2.34. The van der Waals surface area contributed by atoms with Crippen LogP contribution in [-0.2, 0) is 25.5 Å². The number of ketones is 3. The molecule has 1 aliphatic carbocycles. The van der Waals surface area contributed by atoms with Crippen LogP contribution in [0.5, 0.6) is 11.5 Å². The van der Waals surface area contributed by atoms with Crippen LogP contribution in [0.3, 0.4) is 0 Å². The first-order valence-corrected chi connectivity index (χ1v) is 13.6. The van der Waals surface area contributed by atoms with Crippen LogP contribution in [0.1, 0.15) is 70.3 Å². The van der Waals surface area contributed by atoms with Gasteiger partial charge in [0.1, 0.15) is 5.54 Å². The SMILES string of the molecule is CCCC[C@H](CC(=O)C1(NC(=O)N2CCOCC2)CCCCC1)C(=O)C(=O)Cc1ccc2c(c1)OCO2. The van der Waals surface area contributed by atoms with Crippen molar-refractivity contribution in [3.05, 3.63) is 23.8 Å². The molecular weight excluding hydrogens is 476 g/mol. The molecule has 4 rings (SSSR count). The Morgan fingerprint density at radius 3 is 2.49 bits per heavy atom. The minimum absolute atomic E-state index is 0.0326. The first-order valence-electron chi connectivity index (χ1n) is 13.6. The summed E-state index contributed by atoms with van der Waals surface area (Å²) in [4.78, 5) is 54.8. The van der Waals surface area contributed by atoms with Crippen molar-refractivity contribution >= 4 is 23.4 Å². The number of Topliss-reactive ketones (excluding diaryl/α,β-unsaturated/α-hetero) is 3. The summed E-state index contributed by atoms with van der Waals surface area (Å²) in [6, 6.07) is 4.95. The Hall–Kier alpha value is -2.94. The molecule has 9 heteroatoms. The molecule has 37 heavy (non-hydrogen) atoms. The minimum atomic E-state index is -0.987. The number of benzene rings is 1. The number of carbonyl (C=O) groups is 4. The van der Waals surface area contributed by atoms with Gasteiger partial charge in [-0.15, -0.1) is 0 Å². The Morgan fingerprint density at radius 1 is 1.03 bits per heavy atom. The second kappa shape index (κ2) is 12.5. The number of nitrogens with one attached hydrogen (secondary N) is 1. The number of nitrogens with zero attached hydrogens (tertiary/aromatic N) is 1. The second-order valence-electron chi connectivity index (χ2n) is 10.3. The molecule has 0 spiro atoms. The first-order chi connectivity index (χ1) is 17.9. The third kappa shape index (κ3) is 6.69. The van der Waals surface area contributed by atoms with E-state index in [2.05, 4.69) is 5.32 Å². The van der Waals surface area contributed by atoms with E-state index in [-0.39, 0.29) is 31.4 Å². The van der Waals surface area contributed by atoms with E-state index in [0.717, 1.165) is 32.1 Å². The van der Waals surface area contributed by atoms with Crippen LogP contribution in [0.15, 0.2) is 18.2 Å². The van der Waals surface area contributed by atoms with Gasteiger partial charge in [-0.05, 0) is 37.0 Å². The molecular formula is C28H38N2O7. The second-order valence-corrected chi connectivity index (χ2v) is 10.3. The lowest BCUT2D eigenvalue weighted by atomic mass is 9.74. The summed E-state index contributed by atoms with van der Waals surface area (Å²) in [5, 5.41) is 3.06. The van der Waals surface area contributed by atoms with Gasteiger partial charge in [0.15, 0.2) is 17.3 Å². The highest BCUT2D eigenvalue weighted by molar-refractivity contribution is 6.38. The molecule has 1 saturated heterocycles. The number of amides is 2. The molecule has 9 nitrogen and oxygen atoms in total. The highest BCUT2D eigenvalue weighted by Gasteiger charge is 2.43. The fourth-order valence-corrected chi connectivity index (χ4v) is 5.43. The van der Waals surface area contributed by atoms with Crippen molar-refractivity contribution in [3.8, 4) is 11.5 Å². The Balaban J connectivity index is 1.45. The number of morpholine rings is 1. The van der Waals surface area contributed by atoms with Crippen molar-refractivity contribution in [2.75, 3.05) is 33.1 Å². The zero-order valence-electron chi connectivity index (χ0n) is 21.7. The lowest BCUT2D eigenvalue weighted by Crippen LogP contribution is -2.60.